The molecule has 0 aromatic heterocycles. The molecule has 0 saturated heterocycles. The van der Waals surface area contributed by atoms with Crippen LogP contribution >= 0.6 is 38.0 Å². The third-order valence-electron chi connectivity index (χ3n) is 0.238. The summed E-state index contributed by atoms with van der Waals surface area (Å²) >= 11 is -1.72. The van der Waals surface area contributed by atoms with Gasteiger partial charge in [-0.1, -0.05) is 0 Å². The molecule has 0 fully saturated rings. The molecule has 0 aromatic rings. The number of phosphoric acid groups is 1. The van der Waals surface area contributed by atoms with Gasteiger partial charge in [-0.25, -0.2) is 34.7 Å². The second-order valence-corrected chi connectivity index (χ2v) is 9.80. The van der Waals surface area contributed by atoms with Crippen molar-refractivity contribution in [1.29, 1.82) is 0 Å². The fraction of sp³-hybridized carbons (Fsp3) is 0. The Bertz CT molecular complexity index is 115. The Morgan fingerprint density at radius 3 is 1.45 bits per heavy atom. The molecule has 0 spiro atoms. The van der Waals surface area contributed by atoms with E-state index in [1.807, 2.05) is 0 Å². The van der Waals surface area contributed by atoms with E-state index in [9.17, 15) is 4.57 Å². The van der Waals surface area contributed by atoms with Crippen molar-refractivity contribution < 1.29 is 18.6 Å². The van der Waals surface area contributed by atoms with Crippen LogP contribution in [0.1, 0.15) is 0 Å². The molecule has 11 heteroatoms. The Kier molecular flexibility index (Phi) is 19.0. The normalized spacial score (nSPS) is 9.18. The quantitative estimate of drug-likeness (QED) is 0.499. The van der Waals surface area contributed by atoms with Crippen LogP contribution in [0.2, 0.25) is 0 Å². The standard InChI is InChI=1S/Al.3ClH.Na.H5O4PSi.H/c;;;;;1-5(2,3)4-6;/h;3*1H;;6H3,(H2,1,2,3);/q+3;;;;;;/p-3. The summed E-state index contributed by atoms with van der Waals surface area (Å²) < 4.78 is 13.2. The molecular formula is H6AlCl3NaO4PSi. The van der Waals surface area contributed by atoms with E-state index in [4.69, 9.17) is 39.9 Å². The van der Waals surface area contributed by atoms with Crippen molar-refractivity contribution in [2.45, 2.75) is 0 Å². The van der Waals surface area contributed by atoms with E-state index in [1.165, 1.54) is 0 Å². The predicted molar refractivity (Wildman–Crippen MR) is 53.5 cm³/mol. The topological polar surface area (TPSA) is 66.8 Å². The zero-order valence-electron chi connectivity index (χ0n) is 4.87. The van der Waals surface area contributed by atoms with Crippen LogP contribution in [0.4, 0.5) is 0 Å². The fourth-order valence-corrected chi connectivity index (χ4v) is 0. The van der Waals surface area contributed by atoms with Crippen molar-refractivity contribution in [3.8, 4) is 0 Å². The van der Waals surface area contributed by atoms with Crippen LogP contribution in [0.5, 0.6) is 0 Å². The van der Waals surface area contributed by atoms with Gasteiger partial charge in [0.05, 0.1) is 0 Å². The molecule has 0 aliphatic rings. The molecule has 0 radical (unpaired) electrons. The summed E-state index contributed by atoms with van der Waals surface area (Å²) in [7, 11) is 10.8. The van der Waals surface area contributed by atoms with Gasteiger partial charge < -0.3 is 14.0 Å². The van der Waals surface area contributed by atoms with E-state index in [0.29, 0.717) is 0 Å². The number of rotatable bonds is 1. The summed E-state index contributed by atoms with van der Waals surface area (Å²) in [5.74, 6) is 0. The molecule has 0 unspecified atom stereocenters. The van der Waals surface area contributed by atoms with Crippen LogP contribution in [0, 0.1) is 0 Å². The average molecular weight is 285 g/mol. The Morgan fingerprint density at radius 1 is 1.36 bits per heavy atom. The van der Waals surface area contributed by atoms with E-state index in [1.54, 1.807) is 0 Å². The van der Waals surface area contributed by atoms with Crippen LogP contribution in [-0.4, -0.2) is 61.2 Å². The Labute approximate surface area is 107 Å². The van der Waals surface area contributed by atoms with E-state index in [-0.39, 0.29) is 40.0 Å². The van der Waals surface area contributed by atoms with Crippen LogP contribution in [0.3, 0.4) is 0 Å². The van der Waals surface area contributed by atoms with Gasteiger partial charge in [0.1, 0.15) is 0 Å². The third kappa shape index (κ3) is 44.6. The maximum absolute atomic E-state index is 9.51. The molecule has 0 amide bonds. The molecule has 0 aliphatic carbocycles. The molecular weight excluding hydrogens is 279 g/mol. The Balaban J connectivity index is -0.000000114. The van der Waals surface area contributed by atoms with Crippen molar-refractivity contribution in [1.82, 2.24) is 0 Å². The minimum absolute atomic E-state index is 0. The number of halogens is 3. The predicted octanol–water partition coefficient (Wildman–Crippen LogP) is -0.585. The van der Waals surface area contributed by atoms with Gasteiger partial charge in [-0.15, -0.1) is 0 Å². The fourth-order valence-electron chi connectivity index (χ4n) is 0. The van der Waals surface area contributed by atoms with Crippen molar-refractivity contribution >= 4 is 89.4 Å². The van der Waals surface area contributed by atoms with Crippen molar-refractivity contribution in [3.05, 3.63) is 0 Å². The molecule has 0 heterocycles. The van der Waals surface area contributed by atoms with Gasteiger partial charge in [0.25, 0.3) is 0 Å². The van der Waals surface area contributed by atoms with Gasteiger partial charge in [0.2, 0.25) is 0 Å². The summed E-state index contributed by atoms with van der Waals surface area (Å²) in [4.78, 5) is 15.5. The first-order valence-electron chi connectivity index (χ1n) is 1.83. The molecule has 0 atom stereocenters. The first-order valence-corrected chi connectivity index (χ1v) is 9.41. The van der Waals surface area contributed by atoms with Gasteiger partial charge in [-0.3, -0.25) is 0 Å². The van der Waals surface area contributed by atoms with Gasteiger partial charge in [0, 0.05) is 0 Å². The first kappa shape index (κ1) is 19.3. The summed E-state index contributed by atoms with van der Waals surface area (Å²) in [6.45, 7) is 0. The summed E-state index contributed by atoms with van der Waals surface area (Å²) in [6.07, 6.45) is 0. The molecule has 0 rings (SSSR count). The Morgan fingerprint density at radius 2 is 1.45 bits per heavy atom. The van der Waals surface area contributed by atoms with Crippen LogP contribution in [0.25, 0.3) is 0 Å². The van der Waals surface area contributed by atoms with Crippen LogP contribution in [-0.2, 0) is 8.78 Å². The van der Waals surface area contributed by atoms with Crippen molar-refractivity contribution in [2.75, 3.05) is 0 Å². The van der Waals surface area contributed by atoms with Gasteiger partial charge in [0.15, 0.2) is 10.5 Å². The van der Waals surface area contributed by atoms with Crippen molar-refractivity contribution in [3.63, 3.8) is 0 Å². The summed E-state index contributed by atoms with van der Waals surface area (Å²) in [5.41, 5.74) is 0. The molecule has 64 valence electrons. The SMILES string of the molecule is O=P(O)(O)O[SiH3].[Cl][Al]([Cl])[Cl].[NaH]. The Hall–Kier alpha value is 2.73. The molecule has 0 bridgehead atoms. The van der Waals surface area contributed by atoms with E-state index < -0.39 is 19.2 Å². The zero-order chi connectivity index (χ0) is 8.78. The number of hydrogen-bond acceptors (Lipinski definition) is 2. The monoisotopic (exact) mass is 284 g/mol. The molecule has 2 N–H and O–H groups in total. The van der Waals surface area contributed by atoms with E-state index in [0.717, 1.165) is 0 Å². The first-order chi connectivity index (χ1) is 4.29. The molecule has 0 saturated carbocycles. The van der Waals surface area contributed by atoms with Gasteiger partial charge in [-0.05, 0) is 0 Å². The molecule has 0 aliphatic heterocycles. The zero-order valence-corrected chi connectivity index (χ0v) is 11.2. The summed E-state index contributed by atoms with van der Waals surface area (Å²) in [6, 6.07) is 0. The van der Waals surface area contributed by atoms with Gasteiger partial charge in [-0.2, -0.15) is 0 Å². The average Bonchev–Trinajstić information content (AvgIpc) is 1.63. The van der Waals surface area contributed by atoms with Gasteiger partial charge >= 0.3 is 48.8 Å². The maximum atomic E-state index is 9.51. The second-order valence-electron chi connectivity index (χ2n) is 0.921. The van der Waals surface area contributed by atoms with E-state index in [2.05, 4.69) is 4.21 Å². The third-order valence-corrected chi connectivity index (χ3v) is 2.14. The van der Waals surface area contributed by atoms with Crippen LogP contribution in [0.15, 0.2) is 0 Å². The molecule has 11 heavy (non-hydrogen) atoms. The molecule has 0 aromatic carbocycles. The van der Waals surface area contributed by atoms with E-state index >= 15 is 0 Å². The summed E-state index contributed by atoms with van der Waals surface area (Å²) in [5, 5.41) is 0. The number of hydrogen-bond donors (Lipinski definition) is 2. The molecule has 4 nitrogen and oxygen atoms in total. The second kappa shape index (κ2) is 10.8. The minimum atomic E-state index is -4.08. The van der Waals surface area contributed by atoms with Crippen molar-refractivity contribution in [2.24, 2.45) is 0 Å². The van der Waals surface area contributed by atoms with Crippen LogP contribution < -0.4 is 0 Å².